The molecule has 4 nitrogen and oxygen atoms in total. The quantitative estimate of drug-likeness (QED) is 0.721. The highest BCUT2D eigenvalue weighted by atomic mass is 32.1. The predicted molar refractivity (Wildman–Crippen MR) is 99.1 cm³/mol. The zero-order chi connectivity index (χ0) is 16.7. The van der Waals surface area contributed by atoms with Gasteiger partial charge in [0.05, 0.1) is 5.69 Å². The third-order valence-electron chi connectivity index (χ3n) is 4.41. The summed E-state index contributed by atoms with van der Waals surface area (Å²) in [6.07, 6.45) is 1.35. The lowest BCUT2D eigenvalue weighted by molar-refractivity contribution is -0.118. The van der Waals surface area contributed by atoms with Gasteiger partial charge in [-0.2, -0.15) is 0 Å². The number of carbonyl (C=O) groups excluding carboxylic acids is 1. The predicted octanol–water partition coefficient (Wildman–Crippen LogP) is 3.97. The van der Waals surface area contributed by atoms with Crippen LogP contribution in [-0.2, 0) is 11.2 Å². The van der Waals surface area contributed by atoms with Crippen LogP contribution in [-0.4, -0.2) is 17.9 Å². The second kappa shape index (κ2) is 5.76. The van der Waals surface area contributed by atoms with Crippen molar-refractivity contribution in [2.45, 2.75) is 12.8 Å². The SMILES string of the molecule is CN1C(=O)CCc2cc(-c3csc(-c4ccccc4N)n3)ccc21. The minimum absolute atomic E-state index is 0.172. The van der Waals surface area contributed by atoms with Gasteiger partial charge in [0.25, 0.3) is 0 Å². The summed E-state index contributed by atoms with van der Waals surface area (Å²) in [5.74, 6) is 0.172. The van der Waals surface area contributed by atoms with E-state index in [1.165, 1.54) is 5.56 Å². The summed E-state index contributed by atoms with van der Waals surface area (Å²) in [4.78, 5) is 18.3. The van der Waals surface area contributed by atoms with Crippen LogP contribution < -0.4 is 10.6 Å². The lowest BCUT2D eigenvalue weighted by Crippen LogP contribution is -2.30. The van der Waals surface area contributed by atoms with Crippen molar-refractivity contribution in [3.8, 4) is 21.8 Å². The molecule has 0 saturated carbocycles. The van der Waals surface area contributed by atoms with Gasteiger partial charge in [-0.05, 0) is 36.2 Å². The second-order valence-corrected chi connectivity index (χ2v) is 6.78. The topological polar surface area (TPSA) is 59.2 Å². The molecule has 0 atom stereocenters. The third kappa shape index (κ3) is 2.47. The average molecular weight is 335 g/mol. The summed E-state index contributed by atoms with van der Waals surface area (Å²) in [6.45, 7) is 0. The Morgan fingerprint density at radius 3 is 2.83 bits per heavy atom. The summed E-state index contributed by atoms with van der Waals surface area (Å²) < 4.78 is 0. The van der Waals surface area contributed by atoms with E-state index in [9.17, 15) is 4.79 Å². The molecule has 0 radical (unpaired) electrons. The van der Waals surface area contributed by atoms with Crippen LogP contribution in [0.3, 0.4) is 0 Å². The van der Waals surface area contributed by atoms with E-state index < -0.39 is 0 Å². The Hall–Kier alpha value is -2.66. The molecular weight excluding hydrogens is 318 g/mol. The fourth-order valence-corrected chi connectivity index (χ4v) is 3.91. The summed E-state index contributed by atoms with van der Waals surface area (Å²) >= 11 is 1.59. The molecule has 0 aliphatic carbocycles. The van der Waals surface area contributed by atoms with Gasteiger partial charge in [-0.1, -0.05) is 18.2 Å². The molecular formula is C19H17N3OS. The Balaban J connectivity index is 1.71. The van der Waals surface area contributed by atoms with E-state index in [0.717, 1.165) is 39.6 Å². The number of hydrogen-bond donors (Lipinski definition) is 1. The number of nitrogens with zero attached hydrogens (tertiary/aromatic N) is 2. The maximum absolute atomic E-state index is 11.8. The lowest BCUT2D eigenvalue weighted by atomic mass is 9.98. The highest BCUT2D eigenvalue weighted by Crippen LogP contribution is 2.35. The van der Waals surface area contributed by atoms with E-state index in [-0.39, 0.29) is 5.91 Å². The first-order valence-electron chi connectivity index (χ1n) is 7.84. The molecule has 0 fully saturated rings. The molecule has 3 aromatic rings. The number of fused-ring (bicyclic) bond motifs is 1. The number of para-hydroxylation sites is 1. The molecule has 0 saturated heterocycles. The normalized spacial score (nSPS) is 13.9. The zero-order valence-corrected chi connectivity index (χ0v) is 14.1. The van der Waals surface area contributed by atoms with Gasteiger partial charge in [0.15, 0.2) is 0 Å². The van der Waals surface area contributed by atoms with Gasteiger partial charge in [0.1, 0.15) is 5.01 Å². The Kier molecular flexibility index (Phi) is 3.58. The van der Waals surface area contributed by atoms with Crippen molar-refractivity contribution in [3.63, 3.8) is 0 Å². The zero-order valence-electron chi connectivity index (χ0n) is 13.3. The Morgan fingerprint density at radius 2 is 2.00 bits per heavy atom. The van der Waals surface area contributed by atoms with Crippen LogP contribution in [0.5, 0.6) is 0 Å². The molecule has 120 valence electrons. The first-order valence-corrected chi connectivity index (χ1v) is 8.72. The number of hydrogen-bond acceptors (Lipinski definition) is 4. The van der Waals surface area contributed by atoms with Gasteiger partial charge in [-0.25, -0.2) is 4.98 Å². The number of benzene rings is 2. The van der Waals surface area contributed by atoms with Crippen molar-refractivity contribution in [1.82, 2.24) is 4.98 Å². The fraction of sp³-hybridized carbons (Fsp3) is 0.158. The van der Waals surface area contributed by atoms with Crippen molar-refractivity contribution in [1.29, 1.82) is 0 Å². The molecule has 1 aliphatic rings. The number of rotatable bonds is 2. The van der Waals surface area contributed by atoms with E-state index in [0.29, 0.717) is 6.42 Å². The largest absolute Gasteiger partial charge is 0.398 e. The van der Waals surface area contributed by atoms with Gasteiger partial charge in [-0.15, -0.1) is 11.3 Å². The van der Waals surface area contributed by atoms with Crippen molar-refractivity contribution >= 4 is 28.6 Å². The van der Waals surface area contributed by atoms with Crippen LogP contribution in [0, 0.1) is 0 Å². The van der Waals surface area contributed by atoms with E-state index in [4.69, 9.17) is 10.7 Å². The number of nitrogens with two attached hydrogens (primary N) is 1. The van der Waals surface area contributed by atoms with Gasteiger partial charge in [0.2, 0.25) is 5.91 Å². The molecule has 1 aromatic heterocycles. The maximum Gasteiger partial charge on any atom is 0.227 e. The number of aromatic nitrogens is 1. The summed E-state index contributed by atoms with van der Waals surface area (Å²) in [6, 6.07) is 14.0. The third-order valence-corrected chi connectivity index (χ3v) is 5.29. The van der Waals surface area contributed by atoms with Gasteiger partial charge >= 0.3 is 0 Å². The average Bonchev–Trinajstić information content (AvgIpc) is 3.08. The molecule has 2 N–H and O–H groups in total. The minimum Gasteiger partial charge on any atom is -0.398 e. The highest BCUT2D eigenvalue weighted by Gasteiger charge is 2.21. The first-order chi connectivity index (χ1) is 11.6. The van der Waals surface area contributed by atoms with Crippen LogP contribution in [0.25, 0.3) is 21.8 Å². The molecule has 1 aliphatic heterocycles. The fourth-order valence-electron chi connectivity index (χ4n) is 3.04. The molecule has 5 heteroatoms. The van der Waals surface area contributed by atoms with Crippen molar-refractivity contribution in [2.24, 2.45) is 0 Å². The molecule has 0 unspecified atom stereocenters. The Morgan fingerprint density at radius 1 is 1.17 bits per heavy atom. The number of nitrogen functional groups attached to an aromatic ring is 1. The molecule has 1 amide bonds. The van der Waals surface area contributed by atoms with Crippen LogP contribution in [0.2, 0.25) is 0 Å². The molecule has 2 heterocycles. The monoisotopic (exact) mass is 335 g/mol. The van der Waals surface area contributed by atoms with E-state index in [1.807, 2.05) is 43.4 Å². The standard InChI is InChI=1S/C19H17N3OS/c1-22-17-8-6-12(10-13(17)7-9-18(22)23)16-11-24-19(21-16)14-4-2-3-5-15(14)20/h2-6,8,10-11H,7,9,20H2,1H3. The molecule has 24 heavy (non-hydrogen) atoms. The smallest absolute Gasteiger partial charge is 0.227 e. The number of anilines is 2. The summed E-state index contributed by atoms with van der Waals surface area (Å²) in [7, 11) is 1.83. The molecule has 4 rings (SSSR count). The van der Waals surface area contributed by atoms with Crippen LogP contribution >= 0.6 is 11.3 Å². The lowest BCUT2D eigenvalue weighted by Gasteiger charge is -2.26. The Labute approximate surface area is 144 Å². The van der Waals surface area contributed by atoms with Crippen LogP contribution in [0.4, 0.5) is 11.4 Å². The van der Waals surface area contributed by atoms with Gasteiger partial charge in [0, 0.05) is 41.4 Å². The Bertz CT molecular complexity index is 932. The van der Waals surface area contributed by atoms with Crippen molar-refractivity contribution < 1.29 is 4.79 Å². The van der Waals surface area contributed by atoms with E-state index >= 15 is 0 Å². The highest BCUT2D eigenvalue weighted by molar-refractivity contribution is 7.13. The number of aryl methyl sites for hydroxylation is 1. The molecule has 0 spiro atoms. The van der Waals surface area contributed by atoms with Gasteiger partial charge in [-0.3, -0.25) is 4.79 Å². The minimum atomic E-state index is 0.172. The van der Waals surface area contributed by atoms with Gasteiger partial charge < -0.3 is 10.6 Å². The van der Waals surface area contributed by atoms with Crippen LogP contribution in [0.1, 0.15) is 12.0 Å². The number of thiazole rings is 1. The molecule has 2 aromatic carbocycles. The number of carbonyl (C=O) groups is 1. The van der Waals surface area contributed by atoms with Crippen LogP contribution in [0.15, 0.2) is 47.8 Å². The summed E-state index contributed by atoms with van der Waals surface area (Å²) in [5, 5.41) is 2.98. The van der Waals surface area contributed by atoms with E-state index in [1.54, 1.807) is 16.2 Å². The second-order valence-electron chi connectivity index (χ2n) is 5.92. The first kappa shape index (κ1) is 14.9. The molecule has 0 bridgehead atoms. The van der Waals surface area contributed by atoms with Crippen molar-refractivity contribution in [2.75, 3.05) is 17.7 Å². The van der Waals surface area contributed by atoms with E-state index in [2.05, 4.69) is 11.4 Å². The number of amides is 1. The summed E-state index contributed by atoms with van der Waals surface area (Å²) in [5.41, 5.74) is 12.0. The maximum atomic E-state index is 11.8. The van der Waals surface area contributed by atoms with Crippen molar-refractivity contribution in [3.05, 3.63) is 53.4 Å².